The van der Waals surface area contributed by atoms with Crippen LogP contribution < -0.4 is 21.1 Å². The van der Waals surface area contributed by atoms with E-state index in [-0.39, 0.29) is 5.91 Å². The molecule has 120 valence electrons. The Balaban J connectivity index is 2.03. The first kappa shape index (κ1) is 16.4. The van der Waals surface area contributed by atoms with Crippen molar-refractivity contribution in [1.82, 2.24) is 5.32 Å². The number of methoxy groups -OCH3 is 1. The molecular formula is C17H20N4O2. The fourth-order valence-corrected chi connectivity index (χ4v) is 2.02. The fraction of sp³-hybridized carbons (Fsp3) is 0.176. The van der Waals surface area contributed by atoms with Crippen molar-refractivity contribution in [2.45, 2.75) is 6.54 Å². The van der Waals surface area contributed by atoms with E-state index in [0.29, 0.717) is 18.1 Å². The number of amides is 1. The van der Waals surface area contributed by atoms with Gasteiger partial charge in [0.15, 0.2) is 5.96 Å². The normalized spacial score (nSPS) is 11.0. The van der Waals surface area contributed by atoms with E-state index in [9.17, 15) is 4.79 Å². The molecule has 2 rings (SSSR count). The van der Waals surface area contributed by atoms with Crippen molar-refractivity contribution in [3.05, 3.63) is 59.7 Å². The molecule has 6 heteroatoms. The van der Waals surface area contributed by atoms with Crippen LogP contribution in [0.25, 0.3) is 0 Å². The highest BCUT2D eigenvalue weighted by Gasteiger charge is 2.03. The van der Waals surface area contributed by atoms with Crippen LogP contribution in [0.4, 0.5) is 5.69 Å². The van der Waals surface area contributed by atoms with E-state index in [1.807, 2.05) is 36.4 Å². The van der Waals surface area contributed by atoms with E-state index in [2.05, 4.69) is 15.6 Å². The molecule has 6 nitrogen and oxygen atoms in total. The van der Waals surface area contributed by atoms with Crippen molar-refractivity contribution in [2.75, 3.05) is 19.5 Å². The summed E-state index contributed by atoms with van der Waals surface area (Å²) in [4.78, 5) is 15.9. The lowest BCUT2D eigenvalue weighted by Gasteiger charge is -2.07. The molecule has 0 spiro atoms. The third-order valence-electron chi connectivity index (χ3n) is 3.19. The van der Waals surface area contributed by atoms with E-state index in [4.69, 9.17) is 10.5 Å². The van der Waals surface area contributed by atoms with Gasteiger partial charge in [-0.1, -0.05) is 18.2 Å². The number of hydrogen-bond donors (Lipinski definition) is 3. The van der Waals surface area contributed by atoms with Gasteiger partial charge in [-0.05, 0) is 29.8 Å². The highest BCUT2D eigenvalue weighted by molar-refractivity contribution is 5.94. The number of aliphatic imine (C=N–C) groups is 1. The molecule has 0 saturated carbocycles. The third kappa shape index (κ3) is 4.74. The number of carbonyl (C=O) groups is 1. The summed E-state index contributed by atoms with van der Waals surface area (Å²) in [5.41, 5.74) is 8.18. The van der Waals surface area contributed by atoms with Crippen molar-refractivity contribution < 1.29 is 9.53 Å². The molecule has 0 atom stereocenters. The van der Waals surface area contributed by atoms with Gasteiger partial charge < -0.3 is 21.1 Å². The Hall–Kier alpha value is -3.02. The molecule has 0 heterocycles. The summed E-state index contributed by atoms with van der Waals surface area (Å²) in [5, 5.41) is 5.60. The molecule has 23 heavy (non-hydrogen) atoms. The average molecular weight is 312 g/mol. The van der Waals surface area contributed by atoms with Gasteiger partial charge >= 0.3 is 0 Å². The van der Waals surface area contributed by atoms with Crippen LogP contribution in [-0.2, 0) is 6.54 Å². The second kappa shape index (κ2) is 7.84. The second-order valence-corrected chi connectivity index (χ2v) is 4.84. The quantitative estimate of drug-likeness (QED) is 0.582. The SMILES string of the molecule is CNC(=O)c1cccc(CN=C(N)Nc2cccc(OC)c2)c1. The highest BCUT2D eigenvalue weighted by atomic mass is 16.5. The Bertz CT molecular complexity index is 713. The molecule has 0 aliphatic carbocycles. The number of ether oxygens (including phenoxy) is 1. The molecule has 0 aliphatic heterocycles. The number of carbonyl (C=O) groups excluding carboxylic acids is 1. The lowest BCUT2D eigenvalue weighted by molar-refractivity contribution is 0.0963. The lowest BCUT2D eigenvalue weighted by Crippen LogP contribution is -2.22. The zero-order valence-electron chi connectivity index (χ0n) is 13.2. The molecule has 4 N–H and O–H groups in total. The van der Waals surface area contributed by atoms with Gasteiger partial charge in [0.2, 0.25) is 0 Å². The molecule has 0 saturated heterocycles. The number of benzene rings is 2. The van der Waals surface area contributed by atoms with Crippen molar-refractivity contribution >= 4 is 17.6 Å². The van der Waals surface area contributed by atoms with E-state index in [1.165, 1.54) is 0 Å². The Morgan fingerprint density at radius 2 is 2.00 bits per heavy atom. The van der Waals surface area contributed by atoms with Gasteiger partial charge in [-0.15, -0.1) is 0 Å². The molecule has 0 unspecified atom stereocenters. The summed E-state index contributed by atoms with van der Waals surface area (Å²) < 4.78 is 5.15. The predicted molar refractivity (Wildman–Crippen MR) is 91.8 cm³/mol. The number of anilines is 1. The largest absolute Gasteiger partial charge is 0.497 e. The smallest absolute Gasteiger partial charge is 0.251 e. The van der Waals surface area contributed by atoms with Crippen LogP contribution in [-0.4, -0.2) is 26.0 Å². The minimum Gasteiger partial charge on any atom is -0.497 e. The van der Waals surface area contributed by atoms with Crippen molar-refractivity contribution in [1.29, 1.82) is 0 Å². The summed E-state index contributed by atoms with van der Waals surface area (Å²) in [7, 11) is 3.21. The van der Waals surface area contributed by atoms with Gasteiger partial charge in [0, 0.05) is 24.4 Å². The van der Waals surface area contributed by atoms with Gasteiger partial charge in [0.25, 0.3) is 5.91 Å². The Kier molecular flexibility index (Phi) is 5.57. The van der Waals surface area contributed by atoms with Crippen LogP contribution in [0.2, 0.25) is 0 Å². The van der Waals surface area contributed by atoms with E-state index < -0.39 is 0 Å². The number of nitrogens with two attached hydrogens (primary N) is 1. The van der Waals surface area contributed by atoms with Gasteiger partial charge in [-0.3, -0.25) is 4.79 Å². The molecule has 1 amide bonds. The predicted octanol–water partition coefficient (Wildman–Crippen LogP) is 1.98. The zero-order chi connectivity index (χ0) is 16.7. The van der Waals surface area contributed by atoms with E-state index >= 15 is 0 Å². The van der Waals surface area contributed by atoms with Gasteiger partial charge in [0.1, 0.15) is 5.75 Å². The summed E-state index contributed by atoms with van der Waals surface area (Å²) >= 11 is 0. The van der Waals surface area contributed by atoms with Gasteiger partial charge in [-0.25, -0.2) is 4.99 Å². The summed E-state index contributed by atoms with van der Waals surface area (Å²) in [5.74, 6) is 0.906. The minimum absolute atomic E-state index is 0.127. The first-order chi connectivity index (χ1) is 11.1. The van der Waals surface area contributed by atoms with E-state index in [1.54, 1.807) is 26.3 Å². The fourth-order valence-electron chi connectivity index (χ4n) is 2.02. The summed E-state index contributed by atoms with van der Waals surface area (Å²) in [6, 6.07) is 14.7. The Morgan fingerprint density at radius 3 is 2.74 bits per heavy atom. The molecule has 0 bridgehead atoms. The van der Waals surface area contributed by atoms with Gasteiger partial charge in [0.05, 0.1) is 13.7 Å². The van der Waals surface area contributed by atoms with Crippen molar-refractivity contribution in [3.63, 3.8) is 0 Å². The number of nitrogens with zero attached hydrogens (tertiary/aromatic N) is 1. The number of guanidine groups is 1. The first-order valence-corrected chi connectivity index (χ1v) is 7.14. The average Bonchev–Trinajstić information content (AvgIpc) is 2.59. The molecule has 2 aromatic rings. The molecular weight excluding hydrogens is 292 g/mol. The summed E-state index contributed by atoms with van der Waals surface area (Å²) in [6.45, 7) is 0.383. The van der Waals surface area contributed by atoms with E-state index in [0.717, 1.165) is 17.0 Å². The number of nitrogens with one attached hydrogen (secondary N) is 2. The van der Waals surface area contributed by atoms with Crippen LogP contribution in [0.15, 0.2) is 53.5 Å². The Labute approximate surface area is 135 Å². The maximum absolute atomic E-state index is 11.6. The monoisotopic (exact) mass is 312 g/mol. The molecule has 0 fully saturated rings. The standard InChI is InChI=1S/C17H20N4O2/c1-19-16(22)13-6-3-5-12(9-13)11-20-17(18)21-14-7-4-8-15(10-14)23-2/h3-10H,11H2,1-2H3,(H,19,22)(H3,18,20,21). The van der Waals surface area contributed by atoms with Crippen LogP contribution in [0.1, 0.15) is 15.9 Å². The van der Waals surface area contributed by atoms with Crippen LogP contribution in [0.3, 0.4) is 0 Å². The number of hydrogen-bond acceptors (Lipinski definition) is 3. The molecule has 0 radical (unpaired) electrons. The highest BCUT2D eigenvalue weighted by Crippen LogP contribution is 2.16. The van der Waals surface area contributed by atoms with Crippen molar-refractivity contribution in [2.24, 2.45) is 10.7 Å². The molecule has 2 aromatic carbocycles. The molecule has 0 aliphatic rings. The van der Waals surface area contributed by atoms with Crippen LogP contribution in [0, 0.1) is 0 Å². The lowest BCUT2D eigenvalue weighted by atomic mass is 10.1. The minimum atomic E-state index is -0.127. The number of rotatable bonds is 5. The van der Waals surface area contributed by atoms with Gasteiger partial charge in [-0.2, -0.15) is 0 Å². The maximum atomic E-state index is 11.6. The van der Waals surface area contributed by atoms with Crippen LogP contribution >= 0.6 is 0 Å². The summed E-state index contributed by atoms with van der Waals surface area (Å²) in [6.07, 6.45) is 0. The maximum Gasteiger partial charge on any atom is 0.251 e. The second-order valence-electron chi connectivity index (χ2n) is 4.84. The third-order valence-corrected chi connectivity index (χ3v) is 3.19. The van der Waals surface area contributed by atoms with Crippen LogP contribution in [0.5, 0.6) is 5.75 Å². The Morgan fingerprint density at radius 1 is 1.22 bits per heavy atom. The molecule has 0 aromatic heterocycles. The first-order valence-electron chi connectivity index (χ1n) is 7.14. The topological polar surface area (TPSA) is 88.7 Å². The zero-order valence-corrected chi connectivity index (χ0v) is 13.2. The van der Waals surface area contributed by atoms with Crippen molar-refractivity contribution in [3.8, 4) is 5.75 Å².